The number of benzene rings is 2. The third kappa shape index (κ3) is 3.36. The van der Waals surface area contributed by atoms with E-state index in [1.165, 1.54) is 12.1 Å². The maximum absolute atomic E-state index is 13.7. The molecule has 3 heterocycles. The monoisotopic (exact) mass is 403 g/mol. The molecule has 4 aromatic rings. The smallest absolute Gasteiger partial charge is 0.230 e. The maximum atomic E-state index is 13.7. The predicted octanol–water partition coefficient (Wildman–Crippen LogP) is 4.34. The van der Waals surface area contributed by atoms with E-state index in [0.717, 1.165) is 59.1 Å². The van der Waals surface area contributed by atoms with Gasteiger partial charge >= 0.3 is 0 Å². The van der Waals surface area contributed by atoms with Gasteiger partial charge < -0.3 is 15.2 Å². The molecule has 1 saturated heterocycles. The number of hydrogen-bond donors (Lipinski definition) is 2. The first-order chi connectivity index (χ1) is 14.6. The van der Waals surface area contributed by atoms with Crippen molar-refractivity contribution >= 4 is 39.5 Å². The fourth-order valence-electron chi connectivity index (χ4n) is 4.14. The van der Waals surface area contributed by atoms with Crippen molar-refractivity contribution in [2.24, 2.45) is 0 Å². The number of H-pyrrole nitrogens is 1. The number of aromatic nitrogens is 3. The van der Waals surface area contributed by atoms with Gasteiger partial charge in [-0.15, -0.1) is 0 Å². The molecule has 0 saturated carbocycles. The van der Waals surface area contributed by atoms with Crippen LogP contribution in [0.5, 0.6) is 0 Å². The van der Waals surface area contributed by atoms with Gasteiger partial charge in [-0.1, -0.05) is 12.1 Å². The molecule has 30 heavy (non-hydrogen) atoms. The molecule has 1 amide bonds. The van der Waals surface area contributed by atoms with E-state index in [1.807, 2.05) is 31.2 Å². The van der Waals surface area contributed by atoms with Gasteiger partial charge in [-0.25, -0.2) is 14.4 Å². The first-order valence-electron chi connectivity index (χ1n) is 10.2. The average Bonchev–Trinajstić information content (AvgIpc) is 3.36. The fourth-order valence-corrected chi connectivity index (χ4v) is 4.14. The first kappa shape index (κ1) is 18.5. The van der Waals surface area contributed by atoms with E-state index in [4.69, 9.17) is 4.98 Å². The number of carbonyl (C=O) groups excluding carboxylic acids is 1. The number of carbonyl (C=O) groups is 1. The van der Waals surface area contributed by atoms with Crippen molar-refractivity contribution < 1.29 is 9.18 Å². The topological polar surface area (TPSA) is 73.9 Å². The normalized spacial score (nSPS) is 14.0. The zero-order valence-corrected chi connectivity index (χ0v) is 16.7. The van der Waals surface area contributed by atoms with Gasteiger partial charge in [0.25, 0.3) is 0 Å². The van der Waals surface area contributed by atoms with Crippen LogP contribution in [0.25, 0.3) is 21.9 Å². The fraction of sp³-hybridized carbons (Fsp3) is 0.261. The summed E-state index contributed by atoms with van der Waals surface area (Å²) < 4.78 is 13.7. The third-order valence-corrected chi connectivity index (χ3v) is 5.63. The number of halogens is 1. The molecule has 0 radical (unpaired) electrons. The Balaban J connectivity index is 1.48. The number of anilines is 2. The van der Waals surface area contributed by atoms with Crippen molar-refractivity contribution in [1.82, 2.24) is 15.0 Å². The van der Waals surface area contributed by atoms with Crippen molar-refractivity contribution in [3.63, 3.8) is 0 Å². The van der Waals surface area contributed by atoms with Crippen LogP contribution in [0, 0.1) is 12.7 Å². The number of aromatic amines is 1. The quantitative estimate of drug-likeness (QED) is 0.532. The van der Waals surface area contributed by atoms with Gasteiger partial charge in [-0.2, -0.15) is 0 Å². The molecule has 0 bridgehead atoms. The third-order valence-electron chi connectivity index (χ3n) is 5.63. The highest BCUT2D eigenvalue weighted by molar-refractivity contribution is 5.98. The zero-order chi connectivity index (χ0) is 20.7. The summed E-state index contributed by atoms with van der Waals surface area (Å²) in [6, 6.07) is 12.2. The maximum Gasteiger partial charge on any atom is 0.230 e. The summed E-state index contributed by atoms with van der Waals surface area (Å²) in [5.41, 5.74) is 4.01. The number of fused-ring (bicyclic) bond motifs is 2. The molecule has 0 unspecified atom stereocenters. The Labute approximate surface area is 173 Å². The Bertz CT molecular complexity index is 1260. The van der Waals surface area contributed by atoms with Gasteiger partial charge in [-0.05, 0) is 55.7 Å². The van der Waals surface area contributed by atoms with Gasteiger partial charge in [0.1, 0.15) is 5.82 Å². The molecule has 2 aromatic carbocycles. The van der Waals surface area contributed by atoms with Crippen LogP contribution in [0.2, 0.25) is 0 Å². The predicted molar refractivity (Wildman–Crippen MR) is 116 cm³/mol. The molecule has 7 heteroatoms. The molecule has 5 rings (SSSR count). The van der Waals surface area contributed by atoms with Crippen LogP contribution >= 0.6 is 0 Å². The van der Waals surface area contributed by atoms with Crippen molar-refractivity contribution in [3.8, 4) is 0 Å². The number of nitrogens with one attached hydrogen (secondary N) is 2. The lowest BCUT2D eigenvalue weighted by Crippen LogP contribution is -2.24. The van der Waals surface area contributed by atoms with Crippen molar-refractivity contribution in [1.29, 1.82) is 0 Å². The van der Waals surface area contributed by atoms with Crippen molar-refractivity contribution in [3.05, 3.63) is 59.5 Å². The van der Waals surface area contributed by atoms with Crippen LogP contribution in [0.4, 0.5) is 16.0 Å². The minimum Gasteiger partial charge on any atom is -0.358 e. The summed E-state index contributed by atoms with van der Waals surface area (Å²) in [4.78, 5) is 27.8. The Hall–Kier alpha value is -3.48. The second kappa shape index (κ2) is 7.40. The standard InChI is InChI=1S/C23H22FN5O/c1-14-16(17-12-15(24)8-9-18(17)25-14)13-21(30)28-22-23(29-10-4-5-11-29)27-20-7-3-2-6-19(20)26-22/h2-3,6-9,12,25H,4-5,10-11,13H2,1H3,(H,26,28,30). The lowest BCUT2D eigenvalue weighted by Gasteiger charge is -2.20. The van der Waals surface area contributed by atoms with Gasteiger partial charge in [0.2, 0.25) is 5.91 Å². The average molecular weight is 403 g/mol. The summed E-state index contributed by atoms with van der Waals surface area (Å²) in [7, 11) is 0. The molecule has 1 fully saturated rings. The lowest BCUT2D eigenvalue weighted by molar-refractivity contribution is -0.115. The largest absolute Gasteiger partial charge is 0.358 e. The molecule has 6 nitrogen and oxygen atoms in total. The molecule has 0 aliphatic carbocycles. The summed E-state index contributed by atoms with van der Waals surface area (Å²) >= 11 is 0. The van der Waals surface area contributed by atoms with Crippen LogP contribution in [-0.2, 0) is 11.2 Å². The number of amides is 1. The summed E-state index contributed by atoms with van der Waals surface area (Å²) in [6.07, 6.45) is 2.33. The highest BCUT2D eigenvalue weighted by Crippen LogP contribution is 2.29. The SMILES string of the molecule is Cc1[nH]c2ccc(F)cc2c1CC(=O)Nc1nc2ccccc2nc1N1CCCC1. The Kier molecular flexibility index (Phi) is 4.58. The second-order valence-electron chi connectivity index (χ2n) is 7.72. The lowest BCUT2D eigenvalue weighted by atomic mass is 10.1. The Morgan fingerprint density at radius 2 is 1.87 bits per heavy atom. The molecule has 1 aliphatic rings. The zero-order valence-electron chi connectivity index (χ0n) is 16.7. The van der Waals surface area contributed by atoms with E-state index in [9.17, 15) is 9.18 Å². The number of rotatable bonds is 4. The molecule has 2 N–H and O–H groups in total. The minimum absolute atomic E-state index is 0.128. The van der Waals surface area contributed by atoms with Crippen LogP contribution in [0.1, 0.15) is 24.1 Å². The van der Waals surface area contributed by atoms with Crippen molar-refractivity contribution in [2.75, 3.05) is 23.3 Å². The van der Waals surface area contributed by atoms with Crippen LogP contribution in [0.3, 0.4) is 0 Å². The molecule has 0 spiro atoms. The number of aryl methyl sites for hydroxylation is 1. The number of para-hydroxylation sites is 2. The first-order valence-corrected chi connectivity index (χ1v) is 10.2. The molecule has 1 aliphatic heterocycles. The van der Waals surface area contributed by atoms with Crippen LogP contribution in [-0.4, -0.2) is 33.9 Å². The molecule has 152 valence electrons. The molecular formula is C23H22FN5O. The van der Waals surface area contributed by atoms with E-state index in [0.29, 0.717) is 11.6 Å². The van der Waals surface area contributed by atoms with Gasteiger partial charge in [-0.3, -0.25) is 4.79 Å². The van der Waals surface area contributed by atoms with Gasteiger partial charge in [0.05, 0.1) is 17.5 Å². The number of hydrogen-bond acceptors (Lipinski definition) is 4. The summed E-state index contributed by atoms with van der Waals surface area (Å²) in [5.74, 6) is 0.665. The number of nitrogens with zero attached hydrogens (tertiary/aromatic N) is 3. The Morgan fingerprint density at radius 1 is 1.13 bits per heavy atom. The van der Waals surface area contributed by atoms with E-state index < -0.39 is 0 Å². The molecular weight excluding hydrogens is 381 g/mol. The van der Waals surface area contributed by atoms with Crippen molar-refractivity contribution in [2.45, 2.75) is 26.2 Å². The van der Waals surface area contributed by atoms with E-state index in [2.05, 4.69) is 20.2 Å². The van der Waals surface area contributed by atoms with E-state index in [-0.39, 0.29) is 18.1 Å². The molecule has 0 atom stereocenters. The summed E-state index contributed by atoms with van der Waals surface area (Å²) in [6.45, 7) is 3.69. The molecule has 2 aromatic heterocycles. The highest BCUT2D eigenvalue weighted by Gasteiger charge is 2.21. The van der Waals surface area contributed by atoms with E-state index in [1.54, 1.807) is 6.07 Å². The second-order valence-corrected chi connectivity index (χ2v) is 7.72. The van der Waals surface area contributed by atoms with Gasteiger partial charge in [0.15, 0.2) is 11.6 Å². The Morgan fingerprint density at radius 3 is 2.63 bits per heavy atom. The highest BCUT2D eigenvalue weighted by atomic mass is 19.1. The summed E-state index contributed by atoms with van der Waals surface area (Å²) in [5, 5.41) is 3.69. The minimum atomic E-state index is -0.320. The van der Waals surface area contributed by atoms with Crippen LogP contribution < -0.4 is 10.2 Å². The van der Waals surface area contributed by atoms with Crippen LogP contribution in [0.15, 0.2) is 42.5 Å². The van der Waals surface area contributed by atoms with Gasteiger partial charge in [0, 0.05) is 29.7 Å². The van der Waals surface area contributed by atoms with E-state index >= 15 is 0 Å².